The van der Waals surface area contributed by atoms with Gasteiger partial charge in [0.1, 0.15) is 6.10 Å². The standard InChI is InChI=1S/C12H13NOS/c1-8-11(5-6-15-8)12(14)9-3-2-4-10(13)7-9/h2-7,12,14H,13H2,1H3. The van der Waals surface area contributed by atoms with Gasteiger partial charge in [0.15, 0.2) is 0 Å². The number of aryl methyl sites for hydroxylation is 1. The molecule has 2 nitrogen and oxygen atoms in total. The van der Waals surface area contributed by atoms with Crippen LogP contribution in [0.1, 0.15) is 22.1 Å². The van der Waals surface area contributed by atoms with Gasteiger partial charge in [0.25, 0.3) is 0 Å². The van der Waals surface area contributed by atoms with E-state index >= 15 is 0 Å². The Balaban J connectivity index is 2.36. The highest BCUT2D eigenvalue weighted by Crippen LogP contribution is 2.28. The molecule has 1 heterocycles. The normalized spacial score (nSPS) is 12.7. The van der Waals surface area contributed by atoms with Gasteiger partial charge >= 0.3 is 0 Å². The van der Waals surface area contributed by atoms with Crippen LogP contribution in [0.3, 0.4) is 0 Å². The van der Waals surface area contributed by atoms with E-state index in [2.05, 4.69) is 0 Å². The van der Waals surface area contributed by atoms with Crippen molar-refractivity contribution in [3.8, 4) is 0 Å². The predicted octanol–water partition coefficient (Wildman–Crippen LogP) is 2.72. The van der Waals surface area contributed by atoms with E-state index in [4.69, 9.17) is 5.73 Å². The van der Waals surface area contributed by atoms with Gasteiger partial charge < -0.3 is 10.8 Å². The molecule has 1 aromatic carbocycles. The second-order valence-corrected chi connectivity index (χ2v) is 4.63. The van der Waals surface area contributed by atoms with Crippen molar-refractivity contribution >= 4 is 17.0 Å². The first-order valence-electron chi connectivity index (χ1n) is 4.76. The number of hydrogen-bond donors (Lipinski definition) is 2. The van der Waals surface area contributed by atoms with Crippen molar-refractivity contribution in [2.24, 2.45) is 0 Å². The lowest BCUT2D eigenvalue weighted by Crippen LogP contribution is -2.00. The third kappa shape index (κ3) is 2.03. The quantitative estimate of drug-likeness (QED) is 0.763. The summed E-state index contributed by atoms with van der Waals surface area (Å²) in [5.41, 5.74) is 8.17. The molecule has 0 spiro atoms. The molecule has 0 radical (unpaired) electrons. The first-order valence-corrected chi connectivity index (χ1v) is 5.64. The Morgan fingerprint density at radius 1 is 1.33 bits per heavy atom. The minimum absolute atomic E-state index is 0.570. The van der Waals surface area contributed by atoms with E-state index in [-0.39, 0.29) is 0 Å². The maximum absolute atomic E-state index is 10.1. The summed E-state index contributed by atoms with van der Waals surface area (Å²) in [6.45, 7) is 2.01. The minimum atomic E-state index is -0.570. The van der Waals surface area contributed by atoms with Crippen LogP contribution in [0, 0.1) is 6.92 Å². The molecule has 0 saturated heterocycles. The molecule has 0 amide bonds. The van der Waals surface area contributed by atoms with Gasteiger partial charge in [-0.25, -0.2) is 0 Å². The molecule has 0 fully saturated rings. The van der Waals surface area contributed by atoms with Crippen LogP contribution in [0.4, 0.5) is 5.69 Å². The average molecular weight is 219 g/mol. The number of aliphatic hydroxyl groups is 1. The van der Waals surface area contributed by atoms with E-state index in [1.807, 2.05) is 42.6 Å². The zero-order valence-corrected chi connectivity index (χ0v) is 9.29. The Morgan fingerprint density at radius 2 is 2.13 bits per heavy atom. The highest BCUT2D eigenvalue weighted by Gasteiger charge is 2.13. The Hall–Kier alpha value is -1.32. The number of anilines is 1. The fourth-order valence-electron chi connectivity index (χ4n) is 1.59. The van der Waals surface area contributed by atoms with Crippen molar-refractivity contribution in [2.75, 3.05) is 5.73 Å². The number of rotatable bonds is 2. The third-order valence-corrected chi connectivity index (χ3v) is 3.28. The molecule has 3 N–H and O–H groups in total. The third-order valence-electron chi connectivity index (χ3n) is 2.42. The molecule has 0 saturated carbocycles. The maximum Gasteiger partial charge on any atom is 0.105 e. The lowest BCUT2D eigenvalue weighted by atomic mass is 10.0. The Bertz CT molecular complexity index is 464. The van der Waals surface area contributed by atoms with E-state index in [9.17, 15) is 5.11 Å². The fraction of sp³-hybridized carbons (Fsp3) is 0.167. The second kappa shape index (κ2) is 4.04. The molecule has 1 atom stereocenters. The summed E-state index contributed by atoms with van der Waals surface area (Å²) in [5.74, 6) is 0. The highest BCUT2D eigenvalue weighted by atomic mass is 32.1. The van der Waals surface area contributed by atoms with Crippen LogP contribution >= 0.6 is 11.3 Å². The van der Waals surface area contributed by atoms with Crippen LogP contribution in [-0.4, -0.2) is 5.11 Å². The number of hydrogen-bond acceptors (Lipinski definition) is 3. The maximum atomic E-state index is 10.1. The summed E-state index contributed by atoms with van der Waals surface area (Å²) in [4.78, 5) is 1.14. The van der Waals surface area contributed by atoms with Crippen LogP contribution in [0.5, 0.6) is 0 Å². The van der Waals surface area contributed by atoms with Gasteiger partial charge in [-0.3, -0.25) is 0 Å². The van der Waals surface area contributed by atoms with E-state index in [1.54, 1.807) is 11.3 Å². The molecule has 2 rings (SSSR count). The predicted molar refractivity (Wildman–Crippen MR) is 64.0 cm³/mol. The number of benzene rings is 1. The molecule has 0 bridgehead atoms. The SMILES string of the molecule is Cc1sccc1C(O)c1cccc(N)c1. The molecule has 0 aliphatic carbocycles. The van der Waals surface area contributed by atoms with Crippen molar-refractivity contribution in [2.45, 2.75) is 13.0 Å². The van der Waals surface area contributed by atoms with Crippen molar-refractivity contribution in [1.82, 2.24) is 0 Å². The molecule has 1 aromatic heterocycles. The highest BCUT2D eigenvalue weighted by molar-refractivity contribution is 7.10. The van der Waals surface area contributed by atoms with Gasteiger partial charge in [-0.05, 0) is 41.6 Å². The topological polar surface area (TPSA) is 46.2 Å². The molecule has 2 aromatic rings. The molecule has 0 aliphatic heterocycles. The summed E-state index contributed by atoms with van der Waals surface area (Å²) in [6, 6.07) is 9.32. The van der Waals surface area contributed by atoms with Crippen LogP contribution in [0.25, 0.3) is 0 Å². The van der Waals surface area contributed by atoms with Gasteiger partial charge in [-0.1, -0.05) is 12.1 Å². The van der Waals surface area contributed by atoms with Gasteiger partial charge in [-0.2, -0.15) is 0 Å². The summed E-state index contributed by atoms with van der Waals surface area (Å²) in [5, 5.41) is 12.1. The number of nitrogens with two attached hydrogens (primary N) is 1. The van der Waals surface area contributed by atoms with Gasteiger partial charge in [0, 0.05) is 10.6 Å². The van der Waals surface area contributed by atoms with E-state index < -0.39 is 6.10 Å². The Labute approximate surface area is 93.0 Å². The molecule has 3 heteroatoms. The van der Waals surface area contributed by atoms with Gasteiger partial charge in [0.05, 0.1) is 0 Å². The molecule has 78 valence electrons. The fourth-order valence-corrected chi connectivity index (χ4v) is 2.32. The van der Waals surface area contributed by atoms with Crippen LogP contribution < -0.4 is 5.73 Å². The lowest BCUT2D eigenvalue weighted by molar-refractivity contribution is 0.220. The summed E-state index contributed by atoms with van der Waals surface area (Å²) in [6.07, 6.45) is -0.570. The Kier molecular flexibility index (Phi) is 2.75. The first kappa shape index (κ1) is 10.2. The van der Waals surface area contributed by atoms with Crippen LogP contribution in [-0.2, 0) is 0 Å². The first-order chi connectivity index (χ1) is 7.18. The molecular formula is C12H13NOS. The lowest BCUT2D eigenvalue weighted by Gasteiger charge is -2.11. The monoisotopic (exact) mass is 219 g/mol. The summed E-state index contributed by atoms with van der Waals surface area (Å²) in [7, 11) is 0. The van der Waals surface area contributed by atoms with Crippen LogP contribution in [0.15, 0.2) is 35.7 Å². The van der Waals surface area contributed by atoms with Crippen LogP contribution in [0.2, 0.25) is 0 Å². The van der Waals surface area contributed by atoms with Crippen molar-refractivity contribution < 1.29 is 5.11 Å². The van der Waals surface area contributed by atoms with Crippen molar-refractivity contribution in [3.63, 3.8) is 0 Å². The number of aliphatic hydroxyl groups excluding tert-OH is 1. The smallest absolute Gasteiger partial charge is 0.105 e. The zero-order chi connectivity index (χ0) is 10.8. The number of nitrogen functional groups attached to an aromatic ring is 1. The largest absolute Gasteiger partial charge is 0.399 e. The summed E-state index contributed by atoms with van der Waals surface area (Å²) < 4.78 is 0. The molecule has 0 aliphatic rings. The number of thiophene rings is 1. The Morgan fingerprint density at radius 3 is 2.73 bits per heavy atom. The van der Waals surface area contributed by atoms with Crippen molar-refractivity contribution in [1.29, 1.82) is 0 Å². The molecule has 1 unspecified atom stereocenters. The molecule has 15 heavy (non-hydrogen) atoms. The van der Waals surface area contributed by atoms with E-state index in [0.717, 1.165) is 16.0 Å². The van der Waals surface area contributed by atoms with E-state index in [0.29, 0.717) is 5.69 Å². The van der Waals surface area contributed by atoms with Gasteiger partial charge in [-0.15, -0.1) is 11.3 Å². The van der Waals surface area contributed by atoms with Gasteiger partial charge in [0.2, 0.25) is 0 Å². The summed E-state index contributed by atoms with van der Waals surface area (Å²) >= 11 is 1.64. The zero-order valence-electron chi connectivity index (χ0n) is 8.47. The second-order valence-electron chi connectivity index (χ2n) is 3.50. The molecular weight excluding hydrogens is 206 g/mol. The average Bonchev–Trinajstić information content (AvgIpc) is 2.63. The van der Waals surface area contributed by atoms with Crippen molar-refractivity contribution in [3.05, 3.63) is 51.7 Å². The van der Waals surface area contributed by atoms with E-state index in [1.165, 1.54) is 0 Å². The minimum Gasteiger partial charge on any atom is -0.399 e.